The van der Waals surface area contributed by atoms with Gasteiger partial charge in [-0.2, -0.15) is 5.26 Å². The number of ether oxygens (including phenoxy) is 1. The lowest BCUT2D eigenvalue weighted by Gasteiger charge is -2.10. The molecule has 0 saturated carbocycles. The summed E-state index contributed by atoms with van der Waals surface area (Å²) in [7, 11) is 0. The molecule has 0 N–H and O–H groups in total. The van der Waals surface area contributed by atoms with Crippen LogP contribution in [0.4, 0.5) is 4.39 Å². The number of aryl methyl sites for hydroxylation is 2. The van der Waals surface area contributed by atoms with Gasteiger partial charge in [0.2, 0.25) is 0 Å². The molecule has 0 aliphatic carbocycles. The molecule has 96 valence electrons. The van der Waals surface area contributed by atoms with Crippen molar-refractivity contribution in [3.05, 3.63) is 64.5 Å². The van der Waals surface area contributed by atoms with Crippen molar-refractivity contribution in [3.63, 3.8) is 0 Å². The molecule has 0 unspecified atom stereocenters. The van der Waals surface area contributed by atoms with Crippen LogP contribution in [0.15, 0.2) is 36.4 Å². The van der Waals surface area contributed by atoms with E-state index in [-0.39, 0.29) is 5.56 Å². The Bertz CT molecular complexity index is 644. The van der Waals surface area contributed by atoms with Crippen molar-refractivity contribution in [1.29, 1.82) is 5.26 Å². The van der Waals surface area contributed by atoms with Crippen LogP contribution < -0.4 is 4.74 Å². The monoisotopic (exact) mass is 255 g/mol. The third-order valence-electron chi connectivity index (χ3n) is 2.88. The lowest BCUT2D eigenvalue weighted by atomic mass is 10.1. The smallest absolute Gasteiger partial charge is 0.140 e. The molecule has 0 spiro atoms. The zero-order chi connectivity index (χ0) is 13.8. The molecule has 0 heterocycles. The number of rotatable bonds is 3. The summed E-state index contributed by atoms with van der Waals surface area (Å²) in [6, 6.07) is 12.2. The van der Waals surface area contributed by atoms with Gasteiger partial charge in [0.1, 0.15) is 24.2 Å². The fourth-order valence-electron chi connectivity index (χ4n) is 1.87. The summed E-state index contributed by atoms with van der Waals surface area (Å²) < 4.78 is 18.9. The van der Waals surface area contributed by atoms with Crippen molar-refractivity contribution in [2.45, 2.75) is 20.5 Å². The molecule has 0 atom stereocenters. The van der Waals surface area contributed by atoms with Crippen LogP contribution in [0.1, 0.15) is 22.3 Å². The highest BCUT2D eigenvalue weighted by molar-refractivity contribution is 5.37. The van der Waals surface area contributed by atoms with Crippen LogP contribution in [-0.2, 0) is 6.61 Å². The van der Waals surface area contributed by atoms with Gasteiger partial charge in [0.05, 0.1) is 5.56 Å². The number of hydrogen-bond donors (Lipinski definition) is 0. The van der Waals surface area contributed by atoms with Crippen LogP contribution in [0.2, 0.25) is 0 Å². The van der Waals surface area contributed by atoms with E-state index in [0.29, 0.717) is 6.61 Å². The second kappa shape index (κ2) is 5.53. The van der Waals surface area contributed by atoms with Gasteiger partial charge in [-0.25, -0.2) is 4.39 Å². The quantitative estimate of drug-likeness (QED) is 0.833. The van der Waals surface area contributed by atoms with Gasteiger partial charge in [0.25, 0.3) is 0 Å². The van der Waals surface area contributed by atoms with Crippen LogP contribution in [0.5, 0.6) is 5.75 Å². The molecule has 2 aromatic carbocycles. The Morgan fingerprint density at radius 3 is 2.63 bits per heavy atom. The van der Waals surface area contributed by atoms with Gasteiger partial charge in [0.15, 0.2) is 0 Å². The molecular formula is C16H14FNO. The number of benzene rings is 2. The first-order valence-corrected chi connectivity index (χ1v) is 5.99. The van der Waals surface area contributed by atoms with Crippen molar-refractivity contribution in [3.8, 4) is 11.8 Å². The summed E-state index contributed by atoms with van der Waals surface area (Å²) in [5, 5.41) is 8.77. The van der Waals surface area contributed by atoms with Gasteiger partial charge in [-0.05, 0) is 43.2 Å². The molecule has 0 aliphatic heterocycles. The SMILES string of the molecule is Cc1ccc(OCc2ccc(F)c(C#N)c2)c(C)c1. The van der Waals surface area contributed by atoms with E-state index in [1.807, 2.05) is 38.1 Å². The first kappa shape index (κ1) is 13.1. The maximum absolute atomic E-state index is 13.2. The molecule has 19 heavy (non-hydrogen) atoms. The normalized spacial score (nSPS) is 10.0. The van der Waals surface area contributed by atoms with E-state index in [1.54, 1.807) is 6.07 Å². The molecular weight excluding hydrogens is 241 g/mol. The summed E-state index contributed by atoms with van der Waals surface area (Å²) in [6.07, 6.45) is 0. The number of hydrogen-bond acceptors (Lipinski definition) is 2. The van der Waals surface area contributed by atoms with Crippen molar-refractivity contribution in [2.75, 3.05) is 0 Å². The number of halogens is 1. The van der Waals surface area contributed by atoms with Gasteiger partial charge in [-0.1, -0.05) is 23.8 Å². The molecule has 0 bridgehead atoms. The van der Waals surface area contributed by atoms with E-state index in [4.69, 9.17) is 10.00 Å². The van der Waals surface area contributed by atoms with E-state index in [1.165, 1.54) is 17.7 Å². The maximum Gasteiger partial charge on any atom is 0.140 e. The Morgan fingerprint density at radius 2 is 1.95 bits per heavy atom. The molecule has 0 saturated heterocycles. The minimum Gasteiger partial charge on any atom is -0.489 e. The molecule has 3 heteroatoms. The Kier molecular flexibility index (Phi) is 3.82. The van der Waals surface area contributed by atoms with Gasteiger partial charge >= 0.3 is 0 Å². The summed E-state index contributed by atoms with van der Waals surface area (Å²) >= 11 is 0. The highest BCUT2D eigenvalue weighted by Crippen LogP contribution is 2.20. The largest absolute Gasteiger partial charge is 0.489 e. The van der Waals surface area contributed by atoms with Crippen LogP contribution >= 0.6 is 0 Å². The molecule has 0 aliphatic rings. The summed E-state index contributed by atoms with van der Waals surface area (Å²) in [6.45, 7) is 4.32. The summed E-state index contributed by atoms with van der Waals surface area (Å²) in [5.41, 5.74) is 3.06. The minimum absolute atomic E-state index is 0.0433. The van der Waals surface area contributed by atoms with E-state index >= 15 is 0 Å². The van der Waals surface area contributed by atoms with Crippen molar-refractivity contribution >= 4 is 0 Å². The molecule has 2 rings (SSSR count). The van der Waals surface area contributed by atoms with E-state index in [9.17, 15) is 4.39 Å². The highest BCUT2D eigenvalue weighted by atomic mass is 19.1. The standard InChI is InChI=1S/C16H14FNO/c1-11-3-6-16(12(2)7-11)19-10-13-4-5-15(17)14(8-13)9-18/h3-8H,10H2,1-2H3. The lowest BCUT2D eigenvalue weighted by Crippen LogP contribution is -1.98. The second-order valence-electron chi connectivity index (χ2n) is 4.48. The van der Waals surface area contributed by atoms with Crippen LogP contribution in [0.3, 0.4) is 0 Å². The lowest BCUT2D eigenvalue weighted by molar-refractivity contribution is 0.304. The predicted molar refractivity (Wildman–Crippen MR) is 71.4 cm³/mol. The highest BCUT2D eigenvalue weighted by Gasteiger charge is 2.04. The zero-order valence-electron chi connectivity index (χ0n) is 10.9. The zero-order valence-corrected chi connectivity index (χ0v) is 10.9. The Hall–Kier alpha value is -2.34. The van der Waals surface area contributed by atoms with Gasteiger partial charge in [-0.15, -0.1) is 0 Å². The number of nitrogens with zero attached hydrogens (tertiary/aromatic N) is 1. The molecule has 2 nitrogen and oxygen atoms in total. The average Bonchev–Trinajstić information content (AvgIpc) is 2.39. The third-order valence-corrected chi connectivity index (χ3v) is 2.88. The van der Waals surface area contributed by atoms with Gasteiger partial charge in [-0.3, -0.25) is 0 Å². The van der Waals surface area contributed by atoms with Crippen molar-refractivity contribution in [2.24, 2.45) is 0 Å². The van der Waals surface area contributed by atoms with Crippen molar-refractivity contribution < 1.29 is 9.13 Å². The van der Waals surface area contributed by atoms with Crippen LogP contribution in [0.25, 0.3) is 0 Å². The van der Waals surface area contributed by atoms with Gasteiger partial charge in [0, 0.05) is 0 Å². The average molecular weight is 255 g/mol. The first-order chi connectivity index (χ1) is 9.10. The van der Waals surface area contributed by atoms with E-state index < -0.39 is 5.82 Å². The third kappa shape index (κ3) is 3.11. The first-order valence-electron chi connectivity index (χ1n) is 5.99. The molecule has 0 aromatic heterocycles. The van der Waals surface area contributed by atoms with E-state index in [2.05, 4.69) is 0 Å². The molecule has 0 radical (unpaired) electrons. The Balaban J connectivity index is 2.13. The fraction of sp³-hybridized carbons (Fsp3) is 0.188. The predicted octanol–water partition coefficient (Wildman–Crippen LogP) is 3.89. The minimum atomic E-state index is -0.502. The number of nitriles is 1. The topological polar surface area (TPSA) is 33.0 Å². The Labute approximate surface area is 112 Å². The summed E-state index contributed by atoms with van der Waals surface area (Å²) in [4.78, 5) is 0. The van der Waals surface area contributed by atoms with Crippen LogP contribution in [-0.4, -0.2) is 0 Å². The van der Waals surface area contributed by atoms with Crippen molar-refractivity contribution in [1.82, 2.24) is 0 Å². The fourth-order valence-corrected chi connectivity index (χ4v) is 1.87. The summed E-state index contributed by atoms with van der Waals surface area (Å²) in [5.74, 6) is 0.297. The van der Waals surface area contributed by atoms with Gasteiger partial charge < -0.3 is 4.74 Å². The molecule has 2 aromatic rings. The molecule has 0 fully saturated rings. The Morgan fingerprint density at radius 1 is 1.16 bits per heavy atom. The van der Waals surface area contributed by atoms with E-state index in [0.717, 1.165) is 16.9 Å². The maximum atomic E-state index is 13.2. The molecule has 0 amide bonds. The van der Waals surface area contributed by atoms with Crippen LogP contribution in [0, 0.1) is 31.0 Å². The second-order valence-corrected chi connectivity index (χ2v) is 4.48.